The molecule has 130 valence electrons. The fraction of sp³-hybridized carbons (Fsp3) is 0.588. The highest BCUT2D eigenvalue weighted by atomic mass is 32.2. The normalized spacial score (nSPS) is 30.2. The second kappa shape index (κ2) is 6.13. The van der Waals surface area contributed by atoms with Crippen molar-refractivity contribution in [2.75, 3.05) is 19.6 Å². The van der Waals surface area contributed by atoms with E-state index in [9.17, 15) is 13.2 Å². The Morgan fingerprint density at radius 2 is 1.96 bits per heavy atom. The van der Waals surface area contributed by atoms with Gasteiger partial charge in [0.25, 0.3) is 0 Å². The molecule has 1 aromatic rings. The van der Waals surface area contributed by atoms with Crippen LogP contribution in [0.5, 0.6) is 0 Å². The second-order valence-corrected chi connectivity index (χ2v) is 8.90. The number of morpholine rings is 1. The Balaban J connectivity index is 1.45. The van der Waals surface area contributed by atoms with Crippen molar-refractivity contribution in [3.8, 4) is 0 Å². The number of carbonyl (C=O) groups excluding carboxylic acids is 1. The first-order valence-electron chi connectivity index (χ1n) is 8.52. The number of amides is 1. The van der Waals surface area contributed by atoms with Crippen LogP contribution in [-0.2, 0) is 19.6 Å². The zero-order valence-corrected chi connectivity index (χ0v) is 14.2. The zero-order valence-electron chi connectivity index (χ0n) is 13.4. The summed E-state index contributed by atoms with van der Waals surface area (Å²) < 4.78 is 32.9. The molecule has 2 aliphatic heterocycles. The Morgan fingerprint density at radius 3 is 2.67 bits per heavy atom. The summed E-state index contributed by atoms with van der Waals surface area (Å²) in [6.07, 6.45) is 2.44. The number of ether oxygens (including phenoxy) is 1. The SMILES string of the molecule is O=C(NCC1CC1)[C@H]1C[C@@H]2CN(S(=O)(=O)c3ccccc3)C[C@H]1O2. The van der Waals surface area contributed by atoms with Gasteiger partial charge in [0.15, 0.2) is 0 Å². The number of rotatable bonds is 5. The maximum absolute atomic E-state index is 12.8. The predicted molar refractivity (Wildman–Crippen MR) is 87.7 cm³/mol. The van der Waals surface area contributed by atoms with E-state index >= 15 is 0 Å². The highest BCUT2D eigenvalue weighted by Gasteiger charge is 2.47. The Morgan fingerprint density at radius 1 is 1.21 bits per heavy atom. The van der Waals surface area contributed by atoms with Gasteiger partial charge >= 0.3 is 0 Å². The number of carbonyl (C=O) groups is 1. The smallest absolute Gasteiger partial charge is 0.243 e. The minimum Gasteiger partial charge on any atom is -0.371 e. The van der Waals surface area contributed by atoms with Crippen molar-refractivity contribution in [1.82, 2.24) is 9.62 Å². The van der Waals surface area contributed by atoms with Gasteiger partial charge in [-0.2, -0.15) is 4.31 Å². The molecule has 0 unspecified atom stereocenters. The molecule has 2 heterocycles. The van der Waals surface area contributed by atoms with Crippen molar-refractivity contribution in [2.45, 2.75) is 36.4 Å². The Hall–Kier alpha value is -1.44. The fourth-order valence-corrected chi connectivity index (χ4v) is 5.04. The largest absolute Gasteiger partial charge is 0.371 e. The van der Waals surface area contributed by atoms with E-state index in [0.717, 1.165) is 6.54 Å². The van der Waals surface area contributed by atoms with Gasteiger partial charge in [0.2, 0.25) is 15.9 Å². The Labute approximate surface area is 142 Å². The van der Waals surface area contributed by atoms with E-state index < -0.39 is 10.0 Å². The van der Waals surface area contributed by atoms with Gasteiger partial charge in [-0.15, -0.1) is 0 Å². The lowest BCUT2D eigenvalue weighted by molar-refractivity contribution is -0.127. The number of nitrogens with one attached hydrogen (secondary N) is 1. The maximum Gasteiger partial charge on any atom is 0.243 e. The van der Waals surface area contributed by atoms with Crippen molar-refractivity contribution < 1.29 is 17.9 Å². The van der Waals surface area contributed by atoms with Gasteiger partial charge in [0.05, 0.1) is 23.0 Å². The lowest BCUT2D eigenvalue weighted by atomic mass is 9.99. The van der Waals surface area contributed by atoms with Gasteiger partial charge in [0, 0.05) is 19.6 Å². The highest BCUT2D eigenvalue weighted by Crippen LogP contribution is 2.35. The summed E-state index contributed by atoms with van der Waals surface area (Å²) in [5, 5.41) is 3.00. The molecule has 3 aliphatic rings. The molecule has 7 heteroatoms. The maximum atomic E-state index is 12.8. The van der Waals surface area contributed by atoms with Crippen molar-refractivity contribution in [1.29, 1.82) is 0 Å². The highest BCUT2D eigenvalue weighted by molar-refractivity contribution is 7.89. The molecule has 1 saturated carbocycles. The predicted octanol–water partition coefficient (Wildman–Crippen LogP) is 0.991. The average Bonchev–Trinajstić information content (AvgIpc) is 3.37. The van der Waals surface area contributed by atoms with Crippen LogP contribution in [0.3, 0.4) is 0 Å². The fourth-order valence-electron chi connectivity index (χ4n) is 3.53. The summed E-state index contributed by atoms with van der Waals surface area (Å²) >= 11 is 0. The third-order valence-corrected chi connectivity index (χ3v) is 6.95. The number of fused-ring (bicyclic) bond motifs is 2. The molecule has 3 atom stereocenters. The summed E-state index contributed by atoms with van der Waals surface area (Å²) in [6.45, 7) is 1.30. The molecule has 0 radical (unpaired) electrons. The van der Waals surface area contributed by atoms with Crippen molar-refractivity contribution in [3.63, 3.8) is 0 Å². The van der Waals surface area contributed by atoms with Crippen LogP contribution in [0.25, 0.3) is 0 Å². The summed E-state index contributed by atoms with van der Waals surface area (Å²) in [6, 6.07) is 8.44. The number of hydrogen-bond donors (Lipinski definition) is 1. The van der Waals surface area contributed by atoms with Crippen LogP contribution < -0.4 is 5.32 Å². The first-order chi connectivity index (χ1) is 11.5. The molecule has 1 N–H and O–H groups in total. The summed E-state index contributed by atoms with van der Waals surface area (Å²) in [4.78, 5) is 12.7. The van der Waals surface area contributed by atoms with Gasteiger partial charge in [-0.05, 0) is 37.3 Å². The van der Waals surface area contributed by atoms with Crippen LogP contribution in [0, 0.1) is 11.8 Å². The van der Waals surface area contributed by atoms with E-state index in [1.807, 2.05) is 0 Å². The molecule has 2 saturated heterocycles. The molecule has 0 spiro atoms. The van der Waals surface area contributed by atoms with Gasteiger partial charge in [-0.3, -0.25) is 4.79 Å². The van der Waals surface area contributed by atoms with Crippen molar-refractivity contribution in [3.05, 3.63) is 30.3 Å². The number of nitrogens with zero attached hydrogens (tertiary/aromatic N) is 1. The van der Waals surface area contributed by atoms with Crippen LogP contribution in [0.2, 0.25) is 0 Å². The number of hydrogen-bond acceptors (Lipinski definition) is 4. The first kappa shape index (κ1) is 16.1. The monoisotopic (exact) mass is 350 g/mol. The molecule has 0 aromatic heterocycles. The second-order valence-electron chi connectivity index (χ2n) is 6.96. The van der Waals surface area contributed by atoms with Gasteiger partial charge in [0.1, 0.15) is 0 Å². The number of sulfonamides is 1. The minimum absolute atomic E-state index is 0.00774. The zero-order chi connectivity index (χ0) is 16.7. The van der Waals surface area contributed by atoms with Crippen LogP contribution in [0.15, 0.2) is 35.2 Å². The molecule has 1 aromatic carbocycles. The molecular weight excluding hydrogens is 328 g/mol. The van der Waals surface area contributed by atoms with E-state index in [0.29, 0.717) is 23.8 Å². The van der Waals surface area contributed by atoms with Crippen LogP contribution in [0.4, 0.5) is 0 Å². The molecule has 3 fully saturated rings. The van der Waals surface area contributed by atoms with Crippen LogP contribution >= 0.6 is 0 Å². The summed E-state index contributed by atoms with van der Waals surface area (Å²) in [5.74, 6) is 0.392. The average molecular weight is 350 g/mol. The van der Waals surface area contributed by atoms with Crippen molar-refractivity contribution in [2.24, 2.45) is 11.8 Å². The molecule has 2 bridgehead atoms. The molecular formula is C17H22N2O4S. The third kappa shape index (κ3) is 3.08. The van der Waals surface area contributed by atoms with Gasteiger partial charge < -0.3 is 10.1 Å². The lowest BCUT2D eigenvalue weighted by Gasteiger charge is -2.31. The Kier molecular flexibility index (Phi) is 4.10. The Bertz CT molecular complexity index is 717. The summed E-state index contributed by atoms with van der Waals surface area (Å²) in [5.41, 5.74) is 0. The quantitative estimate of drug-likeness (QED) is 0.859. The van der Waals surface area contributed by atoms with E-state index in [-0.39, 0.29) is 30.6 Å². The van der Waals surface area contributed by atoms with Gasteiger partial charge in [-0.25, -0.2) is 8.42 Å². The van der Waals surface area contributed by atoms with Crippen molar-refractivity contribution >= 4 is 15.9 Å². The van der Waals surface area contributed by atoms with Crippen LogP contribution in [0.1, 0.15) is 19.3 Å². The van der Waals surface area contributed by atoms with E-state index in [1.165, 1.54) is 17.1 Å². The topological polar surface area (TPSA) is 75.7 Å². The third-order valence-electron chi connectivity index (χ3n) is 5.10. The molecule has 1 aliphatic carbocycles. The minimum atomic E-state index is -3.53. The van der Waals surface area contributed by atoms with Gasteiger partial charge in [-0.1, -0.05) is 18.2 Å². The van der Waals surface area contributed by atoms with E-state index in [2.05, 4.69) is 5.32 Å². The first-order valence-corrected chi connectivity index (χ1v) is 9.96. The lowest BCUT2D eigenvalue weighted by Crippen LogP contribution is -2.47. The molecule has 4 rings (SSSR count). The van der Waals surface area contributed by atoms with Crippen LogP contribution in [-0.4, -0.2) is 50.5 Å². The van der Waals surface area contributed by atoms with E-state index in [1.54, 1.807) is 30.3 Å². The van der Waals surface area contributed by atoms with E-state index in [4.69, 9.17) is 4.74 Å². The number of benzene rings is 1. The summed E-state index contributed by atoms with van der Waals surface area (Å²) in [7, 11) is -3.53. The molecule has 6 nitrogen and oxygen atoms in total. The molecule has 24 heavy (non-hydrogen) atoms. The standard InChI is InChI=1S/C17H22N2O4S/c20-17(18-9-12-6-7-12)15-8-13-10-19(11-16(15)23-13)24(21,22)14-4-2-1-3-5-14/h1-5,12-13,15-16H,6-11H2,(H,18,20)/t13-,15+,16-/m1/s1. The molecule has 1 amide bonds.